The largest absolute Gasteiger partial charge is 0.320 e. The summed E-state index contributed by atoms with van der Waals surface area (Å²) in [5.74, 6) is 1.94. The van der Waals surface area contributed by atoms with Gasteiger partial charge in [0.25, 0.3) is 0 Å². The Bertz CT molecular complexity index is 131. The van der Waals surface area contributed by atoms with E-state index in [0.29, 0.717) is 0 Å². The summed E-state index contributed by atoms with van der Waals surface area (Å²) >= 11 is 0. The predicted molar refractivity (Wildman–Crippen MR) is 54.2 cm³/mol. The summed E-state index contributed by atoms with van der Waals surface area (Å²) in [6.45, 7) is 4.99. The first-order valence-electron chi connectivity index (χ1n) is 5.12. The van der Waals surface area contributed by atoms with Gasteiger partial charge in [-0.15, -0.1) is 6.58 Å². The molecule has 0 aromatic rings. The Morgan fingerprint density at radius 2 is 2.17 bits per heavy atom. The van der Waals surface area contributed by atoms with Crippen LogP contribution in [0.5, 0.6) is 0 Å². The van der Waals surface area contributed by atoms with Crippen molar-refractivity contribution >= 4 is 0 Å². The quantitative estimate of drug-likeness (QED) is 0.621. The van der Waals surface area contributed by atoms with Gasteiger partial charge in [-0.05, 0) is 51.1 Å². The molecule has 0 bridgehead atoms. The molecule has 0 saturated heterocycles. The van der Waals surface area contributed by atoms with E-state index in [9.17, 15) is 0 Å². The second kappa shape index (κ2) is 5.36. The molecule has 1 aliphatic rings. The van der Waals surface area contributed by atoms with Gasteiger partial charge in [-0.2, -0.15) is 0 Å². The highest BCUT2D eigenvalue weighted by Gasteiger charge is 2.22. The minimum absolute atomic E-state index is 0.948. The summed E-state index contributed by atoms with van der Waals surface area (Å²) in [5, 5.41) is 3.22. The molecule has 0 heterocycles. The molecule has 0 radical (unpaired) electrons. The van der Waals surface area contributed by atoms with Gasteiger partial charge in [0.05, 0.1) is 0 Å². The number of nitrogens with one attached hydrogen (secondary N) is 1. The molecule has 0 aromatic heterocycles. The van der Waals surface area contributed by atoms with Crippen LogP contribution in [0.3, 0.4) is 0 Å². The molecular weight excluding hydrogens is 146 g/mol. The van der Waals surface area contributed by atoms with Gasteiger partial charge in [0.15, 0.2) is 0 Å². The molecule has 1 aliphatic carbocycles. The molecule has 12 heavy (non-hydrogen) atoms. The molecule has 0 aromatic carbocycles. The summed E-state index contributed by atoms with van der Waals surface area (Å²) < 4.78 is 0. The van der Waals surface area contributed by atoms with Crippen LogP contribution in [0.2, 0.25) is 0 Å². The Kier molecular flexibility index (Phi) is 4.37. The van der Waals surface area contributed by atoms with Crippen LogP contribution < -0.4 is 5.32 Å². The lowest BCUT2D eigenvalue weighted by atomic mass is 10.00. The van der Waals surface area contributed by atoms with Crippen molar-refractivity contribution in [3.8, 4) is 0 Å². The standard InChI is InChI=1S/C11H21N/c1-3-4-10-5-6-11(9-10)7-8-12-2/h3,10-12H,1,4-9H2,2H3. The number of hydrogen-bond donors (Lipinski definition) is 1. The van der Waals surface area contributed by atoms with Gasteiger partial charge in [-0.3, -0.25) is 0 Å². The third kappa shape index (κ3) is 2.98. The fourth-order valence-electron chi connectivity index (χ4n) is 2.24. The molecule has 1 saturated carbocycles. The lowest BCUT2D eigenvalue weighted by molar-refractivity contribution is 0.459. The highest BCUT2D eigenvalue weighted by atomic mass is 14.8. The third-order valence-electron chi connectivity index (χ3n) is 2.95. The van der Waals surface area contributed by atoms with Gasteiger partial charge >= 0.3 is 0 Å². The van der Waals surface area contributed by atoms with Crippen LogP contribution in [0.4, 0.5) is 0 Å². The number of hydrogen-bond acceptors (Lipinski definition) is 1. The highest BCUT2D eigenvalue weighted by Crippen LogP contribution is 2.34. The summed E-state index contributed by atoms with van der Waals surface area (Å²) in [6.07, 6.45) is 8.99. The van der Waals surface area contributed by atoms with Gasteiger partial charge < -0.3 is 5.32 Å². The normalized spacial score (nSPS) is 29.1. The van der Waals surface area contributed by atoms with Crippen molar-refractivity contribution < 1.29 is 0 Å². The van der Waals surface area contributed by atoms with Crippen molar-refractivity contribution in [2.24, 2.45) is 11.8 Å². The van der Waals surface area contributed by atoms with Crippen molar-refractivity contribution in [2.45, 2.75) is 32.1 Å². The van der Waals surface area contributed by atoms with Crippen molar-refractivity contribution in [1.29, 1.82) is 0 Å². The maximum absolute atomic E-state index is 3.80. The van der Waals surface area contributed by atoms with Gasteiger partial charge in [0.2, 0.25) is 0 Å². The molecule has 0 amide bonds. The zero-order valence-corrected chi connectivity index (χ0v) is 8.18. The summed E-state index contributed by atoms with van der Waals surface area (Å²) in [5.41, 5.74) is 0. The number of rotatable bonds is 5. The van der Waals surface area contributed by atoms with E-state index in [4.69, 9.17) is 0 Å². The average molecular weight is 167 g/mol. The first kappa shape index (κ1) is 9.79. The Morgan fingerprint density at radius 1 is 1.42 bits per heavy atom. The Hall–Kier alpha value is -0.300. The molecule has 1 N–H and O–H groups in total. The lowest BCUT2D eigenvalue weighted by Crippen LogP contribution is -2.11. The zero-order chi connectivity index (χ0) is 8.81. The van der Waals surface area contributed by atoms with Crippen molar-refractivity contribution in [3.63, 3.8) is 0 Å². The van der Waals surface area contributed by atoms with Crippen LogP contribution >= 0.6 is 0 Å². The third-order valence-corrected chi connectivity index (χ3v) is 2.95. The molecule has 0 spiro atoms. The maximum Gasteiger partial charge on any atom is -0.00493 e. The van der Waals surface area contributed by atoms with E-state index in [1.165, 1.54) is 38.6 Å². The predicted octanol–water partition coefficient (Wildman–Crippen LogP) is 2.59. The fraction of sp³-hybridized carbons (Fsp3) is 0.818. The molecule has 0 aliphatic heterocycles. The van der Waals surface area contributed by atoms with Gasteiger partial charge in [-0.1, -0.05) is 12.5 Å². The molecule has 1 heteroatoms. The molecule has 70 valence electrons. The summed E-state index contributed by atoms with van der Waals surface area (Å²) in [4.78, 5) is 0. The van der Waals surface area contributed by atoms with Crippen LogP contribution in [0.15, 0.2) is 12.7 Å². The Balaban J connectivity index is 2.12. The van der Waals surface area contributed by atoms with E-state index < -0.39 is 0 Å². The van der Waals surface area contributed by atoms with Crippen molar-refractivity contribution in [1.82, 2.24) is 5.32 Å². The molecule has 2 atom stereocenters. The van der Waals surface area contributed by atoms with Gasteiger partial charge in [0, 0.05) is 0 Å². The minimum Gasteiger partial charge on any atom is -0.320 e. The van der Waals surface area contributed by atoms with Gasteiger partial charge in [0.1, 0.15) is 0 Å². The SMILES string of the molecule is C=CCC1CCC(CCNC)C1. The van der Waals surface area contributed by atoms with Crippen molar-refractivity contribution in [2.75, 3.05) is 13.6 Å². The van der Waals surface area contributed by atoms with Crippen LogP contribution in [0, 0.1) is 11.8 Å². The molecule has 1 fully saturated rings. The minimum atomic E-state index is 0.948. The monoisotopic (exact) mass is 167 g/mol. The molecule has 2 unspecified atom stereocenters. The molecule has 1 rings (SSSR count). The van der Waals surface area contributed by atoms with Crippen LogP contribution in [0.25, 0.3) is 0 Å². The van der Waals surface area contributed by atoms with Crippen LogP contribution in [-0.4, -0.2) is 13.6 Å². The molecule has 1 nitrogen and oxygen atoms in total. The Labute approximate surface area is 76.2 Å². The van der Waals surface area contributed by atoms with E-state index >= 15 is 0 Å². The maximum atomic E-state index is 3.80. The topological polar surface area (TPSA) is 12.0 Å². The van der Waals surface area contributed by atoms with Gasteiger partial charge in [-0.25, -0.2) is 0 Å². The van der Waals surface area contributed by atoms with Crippen LogP contribution in [0.1, 0.15) is 32.1 Å². The fourth-order valence-corrected chi connectivity index (χ4v) is 2.24. The second-order valence-electron chi connectivity index (χ2n) is 3.96. The van der Waals surface area contributed by atoms with Crippen molar-refractivity contribution in [3.05, 3.63) is 12.7 Å². The van der Waals surface area contributed by atoms with E-state index in [2.05, 4.69) is 18.0 Å². The van der Waals surface area contributed by atoms with Crippen LogP contribution in [-0.2, 0) is 0 Å². The highest BCUT2D eigenvalue weighted by molar-refractivity contribution is 4.81. The smallest absolute Gasteiger partial charge is 0.00493 e. The number of allylic oxidation sites excluding steroid dienone is 1. The zero-order valence-electron chi connectivity index (χ0n) is 8.18. The molecular formula is C11H21N. The lowest BCUT2D eigenvalue weighted by Gasteiger charge is -2.08. The average Bonchev–Trinajstić information content (AvgIpc) is 2.50. The van der Waals surface area contributed by atoms with E-state index in [1.54, 1.807) is 0 Å². The first-order chi connectivity index (χ1) is 5.86. The second-order valence-corrected chi connectivity index (χ2v) is 3.96. The van der Waals surface area contributed by atoms with E-state index in [0.717, 1.165) is 11.8 Å². The van der Waals surface area contributed by atoms with E-state index in [1.807, 2.05) is 7.05 Å². The van der Waals surface area contributed by atoms with E-state index in [-0.39, 0.29) is 0 Å². The summed E-state index contributed by atoms with van der Waals surface area (Å²) in [6, 6.07) is 0. The summed E-state index contributed by atoms with van der Waals surface area (Å²) in [7, 11) is 2.04. The first-order valence-corrected chi connectivity index (χ1v) is 5.12. The Morgan fingerprint density at radius 3 is 2.83 bits per heavy atom.